The molecule has 0 bridgehead atoms. The largest absolute Gasteiger partial charge is 0.385 e. The van der Waals surface area contributed by atoms with Crippen molar-refractivity contribution in [3.63, 3.8) is 0 Å². The van der Waals surface area contributed by atoms with Crippen LogP contribution in [0.2, 0.25) is 0 Å². The van der Waals surface area contributed by atoms with Crippen molar-refractivity contribution in [1.82, 2.24) is 10.1 Å². The Morgan fingerprint density at radius 2 is 2.10 bits per heavy atom. The van der Waals surface area contributed by atoms with E-state index in [1.165, 1.54) is 4.90 Å². The summed E-state index contributed by atoms with van der Waals surface area (Å²) in [5, 5.41) is 4.01. The van der Waals surface area contributed by atoms with E-state index in [1.54, 1.807) is 18.9 Å². The fourth-order valence-corrected chi connectivity index (χ4v) is 2.60. The summed E-state index contributed by atoms with van der Waals surface area (Å²) in [6.07, 6.45) is 1.64. The molecule has 0 aliphatic heterocycles. The smallest absolute Gasteiger partial charge is 0.243 e. The quantitative estimate of drug-likeness (QED) is 0.596. The molecule has 0 aliphatic rings. The second kappa shape index (κ2) is 8.17. The maximum absolute atomic E-state index is 6.04. The number of methoxy groups -OCH3 is 1. The molecule has 2 aromatic rings. The fraction of sp³-hybridized carbons (Fsp3) is 0.467. The zero-order valence-electron chi connectivity index (χ0n) is 12.4. The second-order valence-corrected chi connectivity index (χ2v) is 5.99. The molecule has 1 aromatic heterocycles. The molecule has 1 aromatic carbocycles. The molecule has 2 N–H and O–H groups in total. The molecule has 1 atom stereocenters. The lowest BCUT2D eigenvalue weighted by Crippen LogP contribution is -2.11. The van der Waals surface area contributed by atoms with Crippen LogP contribution in [-0.2, 0) is 4.74 Å². The normalized spacial score (nSPS) is 12.5. The number of rotatable bonds is 8. The van der Waals surface area contributed by atoms with Crippen LogP contribution >= 0.6 is 11.8 Å². The lowest BCUT2D eigenvalue weighted by molar-refractivity contribution is 0.188. The molecule has 6 heteroatoms. The van der Waals surface area contributed by atoms with Crippen LogP contribution in [0.3, 0.4) is 0 Å². The molecule has 1 heterocycles. The molecular weight excluding hydrogens is 286 g/mol. The highest BCUT2D eigenvalue weighted by Gasteiger charge is 2.15. The van der Waals surface area contributed by atoms with E-state index in [0.29, 0.717) is 18.3 Å². The Morgan fingerprint density at radius 3 is 2.76 bits per heavy atom. The van der Waals surface area contributed by atoms with E-state index >= 15 is 0 Å². The SMILES string of the molecule is CCSc1ccc(-c2noc(C(N)CCCOC)n2)cc1. The van der Waals surface area contributed by atoms with Gasteiger partial charge in [0.2, 0.25) is 11.7 Å². The van der Waals surface area contributed by atoms with Crippen LogP contribution in [0.15, 0.2) is 33.7 Å². The summed E-state index contributed by atoms with van der Waals surface area (Å²) in [7, 11) is 1.68. The minimum atomic E-state index is -0.240. The molecule has 2 rings (SSSR count). The van der Waals surface area contributed by atoms with Crippen LogP contribution in [0.1, 0.15) is 31.7 Å². The minimum absolute atomic E-state index is 0.240. The van der Waals surface area contributed by atoms with Gasteiger partial charge in [-0.15, -0.1) is 11.8 Å². The highest BCUT2D eigenvalue weighted by molar-refractivity contribution is 7.99. The van der Waals surface area contributed by atoms with Crippen LogP contribution in [0.5, 0.6) is 0 Å². The van der Waals surface area contributed by atoms with Gasteiger partial charge in [0, 0.05) is 24.2 Å². The summed E-state index contributed by atoms with van der Waals surface area (Å²) in [4.78, 5) is 5.62. The predicted molar refractivity (Wildman–Crippen MR) is 84.2 cm³/mol. The summed E-state index contributed by atoms with van der Waals surface area (Å²) in [5.41, 5.74) is 6.98. The average Bonchev–Trinajstić information content (AvgIpc) is 2.98. The average molecular weight is 307 g/mol. The Bertz CT molecular complexity index is 542. The lowest BCUT2D eigenvalue weighted by Gasteiger charge is -2.05. The molecule has 0 amide bonds. The third-order valence-corrected chi connectivity index (χ3v) is 3.94. The molecule has 5 nitrogen and oxygen atoms in total. The zero-order valence-corrected chi connectivity index (χ0v) is 13.2. The number of hydrogen-bond donors (Lipinski definition) is 1. The molecule has 0 aliphatic carbocycles. The van der Waals surface area contributed by atoms with E-state index in [0.717, 1.165) is 24.2 Å². The van der Waals surface area contributed by atoms with E-state index in [1.807, 2.05) is 12.1 Å². The first-order chi connectivity index (χ1) is 10.2. The van der Waals surface area contributed by atoms with Crippen LogP contribution in [0, 0.1) is 0 Å². The molecule has 0 saturated heterocycles. The minimum Gasteiger partial charge on any atom is -0.385 e. The molecule has 1 unspecified atom stereocenters. The number of hydrogen-bond acceptors (Lipinski definition) is 6. The van der Waals surface area contributed by atoms with Gasteiger partial charge in [0.05, 0.1) is 6.04 Å². The lowest BCUT2D eigenvalue weighted by atomic mass is 10.2. The van der Waals surface area contributed by atoms with E-state index in [2.05, 4.69) is 29.2 Å². The Kier molecular flexibility index (Phi) is 6.22. The molecule has 0 saturated carbocycles. The highest BCUT2D eigenvalue weighted by Crippen LogP contribution is 2.23. The first-order valence-electron chi connectivity index (χ1n) is 7.06. The molecule has 0 spiro atoms. The molecule has 114 valence electrons. The molecule has 21 heavy (non-hydrogen) atoms. The maximum Gasteiger partial charge on any atom is 0.243 e. The van der Waals surface area contributed by atoms with Gasteiger partial charge in [-0.1, -0.05) is 12.1 Å². The molecular formula is C15H21N3O2S. The van der Waals surface area contributed by atoms with Crippen LogP contribution in [0.25, 0.3) is 11.4 Å². The van der Waals surface area contributed by atoms with Crippen LogP contribution in [0.4, 0.5) is 0 Å². The Labute approximate surface area is 129 Å². The van der Waals surface area contributed by atoms with Gasteiger partial charge >= 0.3 is 0 Å². The fourth-order valence-electron chi connectivity index (χ4n) is 1.94. The third kappa shape index (κ3) is 4.56. The third-order valence-electron chi connectivity index (χ3n) is 3.05. The second-order valence-electron chi connectivity index (χ2n) is 4.66. The first-order valence-corrected chi connectivity index (χ1v) is 8.04. The van der Waals surface area contributed by atoms with Crippen molar-refractivity contribution in [2.24, 2.45) is 5.73 Å². The van der Waals surface area contributed by atoms with Crippen molar-refractivity contribution in [2.75, 3.05) is 19.5 Å². The monoisotopic (exact) mass is 307 g/mol. The topological polar surface area (TPSA) is 74.2 Å². The zero-order chi connectivity index (χ0) is 15.1. The van der Waals surface area contributed by atoms with Crippen molar-refractivity contribution in [3.8, 4) is 11.4 Å². The summed E-state index contributed by atoms with van der Waals surface area (Å²) >= 11 is 1.80. The Balaban J connectivity index is 2.01. The summed E-state index contributed by atoms with van der Waals surface area (Å²) in [5.74, 6) is 2.12. The molecule has 0 radical (unpaired) electrons. The van der Waals surface area contributed by atoms with Gasteiger partial charge < -0.3 is 15.0 Å². The standard InChI is InChI=1S/C15H21N3O2S/c1-3-21-12-8-6-11(7-9-12)14-17-15(20-18-14)13(16)5-4-10-19-2/h6-9,13H,3-5,10,16H2,1-2H3. The van der Waals surface area contributed by atoms with Crippen molar-refractivity contribution in [3.05, 3.63) is 30.2 Å². The molecule has 0 fully saturated rings. The van der Waals surface area contributed by atoms with Crippen molar-refractivity contribution in [1.29, 1.82) is 0 Å². The van der Waals surface area contributed by atoms with Gasteiger partial charge in [0.1, 0.15) is 0 Å². The van der Waals surface area contributed by atoms with Gasteiger partial charge in [0.25, 0.3) is 0 Å². The Hall–Kier alpha value is -1.37. The first kappa shape index (κ1) is 16.0. The summed E-state index contributed by atoms with van der Waals surface area (Å²) in [6.45, 7) is 2.82. The maximum atomic E-state index is 6.04. The number of aromatic nitrogens is 2. The predicted octanol–water partition coefficient (Wildman–Crippen LogP) is 3.28. The van der Waals surface area contributed by atoms with E-state index in [4.69, 9.17) is 15.0 Å². The van der Waals surface area contributed by atoms with Gasteiger partial charge in [-0.25, -0.2) is 0 Å². The van der Waals surface area contributed by atoms with Gasteiger partial charge in [-0.3, -0.25) is 0 Å². The number of benzene rings is 1. The van der Waals surface area contributed by atoms with Crippen molar-refractivity contribution < 1.29 is 9.26 Å². The number of nitrogens with zero attached hydrogens (tertiary/aromatic N) is 2. The summed E-state index contributed by atoms with van der Waals surface area (Å²) < 4.78 is 10.3. The van der Waals surface area contributed by atoms with E-state index < -0.39 is 0 Å². The van der Waals surface area contributed by atoms with Crippen molar-refractivity contribution >= 4 is 11.8 Å². The van der Waals surface area contributed by atoms with Gasteiger partial charge in [0.15, 0.2) is 0 Å². The van der Waals surface area contributed by atoms with Gasteiger partial charge in [-0.05, 0) is 42.9 Å². The van der Waals surface area contributed by atoms with Crippen molar-refractivity contribution in [2.45, 2.75) is 30.7 Å². The van der Waals surface area contributed by atoms with E-state index in [9.17, 15) is 0 Å². The van der Waals surface area contributed by atoms with Crippen LogP contribution < -0.4 is 5.73 Å². The highest BCUT2D eigenvalue weighted by atomic mass is 32.2. The summed E-state index contributed by atoms with van der Waals surface area (Å²) in [6, 6.07) is 7.90. The number of ether oxygens (including phenoxy) is 1. The van der Waals surface area contributed by atoms with Gasteiger partial charge in [-0.2, -0.15) is 4.98 Å². The van der Waals surface area contributed by atoms with E-state index in [-0.39, 0.29) is 6.04 Å². The van der Waals surface area contributed by atoms with Crippen LogP contribution in [-0.4, -0.2) is 29.6 Å². The number of nitrogens with two attached hydrogens (primary N) is 1. The Morgan fingerprint density at radius 1 is 1.33 bits per heavy atom. The number of thioether (sulfide) groups is 1.